The van der Waals surface area contributed by atoms with Crippen LogP contribution in [0.25, 0.3) is 17.4 Å². The molecule has 1 aliphatic rings. The fraction of sp³-hybridized carbons (Fsp3) is 0.0476. The molecule has 31 heavy (non-hydrogen) atoms. The van der Waals surface area contributed by atoms with Gasteiger partial charge in [0.15, 0.2) is 4.32 Å². The van der Waals surface area contributed by atoms with E-state index >= 15 is 0 Å². The lowest BCUT2D eigenvalue weighted by molar-refractivity contribution is -0.384. The molecule has 10 heteroatoms. The van der Waals surface area contributed by atoms with Crippen molar-refractivity contribution < 1.29 is 18.9 Å². The second kappa shape index (κ2) is 8.54. The van der Waals surface area contributed by atoms with Gasteiger partial charge in [-0.15, -0.1) is 0 Å². The Labute approximate surface area is 191 Å². The lowest BCUT2D eigenvalue weighted by Crippen LogP contribution is -2.27. The Morgan fingerprint density at radius 3 is 2.61 bits per heavy atom. The molecule has 1 aliphatic heterocycles. The van der Waals surface area contributed by atoms with Crippen molar-refractivity contribution in [1.82, 2.24) is 0 Å². The molecule has 1 amide bonds. The first-order chi connectivity index (χ1) is 14.9. The van der Waals surface area contributed by atoms with Crippen LogP contribution in [-0.4, -0.2) is 22.3 Å². The third kappa shape index (κ3) is 4.20. The maximum absolute atomic E-state index is 12.9. The highest BCUT2D eigenvalue weighted by Crippen LogP contribution is 2.38. The van der Waals surface area contributed by atoms with Crippen LogP contribution in [0.3, 0.4) is 0 Å². The van der Waals surface area contributed by atoms with Crippen LogP contribution in [0, 0.1) is 10.1 Å². The largest absolute Gasteiger partial charge is 0.497 e. The lowest BCUT2D eigenvalue weighted by Gasteiger charge is -2.14. The molecule has 0 N–H and O–H groups in total. The molecule has 2 aromatic carbocycles. The van der Waals surface area contributed by atoms with Gasteiger partial charge in [-0.2, -0.15) is 0 Å². The molecule has 156 valence electrons. The standard InChI is InChI=1S/C21H13ClN2O5S2/c1-28-14-5-2-12(3-6-14)23-20(25)19(31-21(23)30)11-15-7-9-18(29-15)16-10-13(24(26)27)4-8-17(16)22/h2-11H,1H3. The predicted molar refractivity (Wildman–Crippen MR) is 124 cm³/mol. The molecule has 1 saturated heterocycles. The van der Waals surface area contributed by atoms with Gasteiger partial charge in [-0.1, -0.05) is 35.6 Å². The fourth-order valence-corrected chi connectivity index (χ4v) is 4.43. The maximum Gasteiger partial charge on any atom is 0.270 e. The average Bonchev–Trinajstić information content (AvgIpc) is 3.32. The highest BCUT2D eigenvalue weighted by molar-refractivity contribution is 8.27. The van der Waals surface area contributed by atoms with Gasteiger partial charge < -0.3 is 9.15 Å². The van der Waals surface area contributed by atoms with E-state index in [1.807, 2.05) is 0 Å². The van der Waals surface area contributed by atoms with E-state index in [9.17, 15) is 14.9 Å². The summed E-state index contributed by atoms with van der Waals surface area (Å²) >= 11 is 12.7. The van der Waals surface area contributed by atoms with Crippen LogP contribution in [0.2, 0.25) is 5.02 Å². The molecular weight excluding hydrogens is 460 g/mol. The van der Waals surface area contributed by atoms with Crippen molar-refractivity contribution in [3.63, 3.8) is 0 Å². The first-order valence-electron chi connectivity index (χ1n) is 8.83. The molecule has 3 aromatic rings. The monoisotopic (exact) mass is 472 g/mol. The Kier molecular flexibility index (Phi) is 5.81. The quantitative estimate of drug-likeness (QED) is 0.197. The van der Waals surface area contributed by atoms with Crippen molar-refractivity contribution in [2.24, 2.45) is 0 Å². The number of thioether (sulfide) groups is 1. The molecule has 0 saturated carbocycles. The predicted octanol–water partition coefficient (Wildman–Crippen LogP) is 5.92. The molecule has 0 aliphatic carbocycles. The number of furan rings is 1. The minimum atomic E-state index is -0.506. The average molecular weight is 473 g/mol. The number of hydrogen-bond acceptors (Lipinski definition) is 7. The minimum Gasteiger partial charge on any atom is -0.497 e. The zero-order chi connectivity index (χ0) is 22.1. The number of nitro benzene ring substituents is 1. The van der Waals surface area contributed by atoms with E-state index in [2.05, 4.69) is 0 Å². The second-order valence-electron chi connectivity index (χ2n) is 6.34. The third-order valence-corrected chi connectivity index (χ3v) is 6.08. The van der Waals surface area contributed by atoms with Gasteiger partial charge in [0.05, 0.1) is 27.6 Å². The molecule has 4 rings (SSSR count). The SMILES string of the molecule is COc1ccc(N2C(=O)C(=Cc3ccc(-c4cc([N+](=O)[O-])ccc4Cl)o3)SC2=S)cc1. The van der Waals surface area contributed by atoms with Gasteiger partial charge in [0.25, 0.3) is 11.6 Å². The summed E-state index contributed by atoms with van der Waals surface area (Å²) in [5.41, 5.74) is 0.925. The summed E-state index contributed by atoms with van der Waals surface area (Å²) in [6, 6.07) is 14.4. The molecule has 7 nitrogen and oxygen atoms in total. The number of benzene rings is 2. The van der Waals surface area contributed by atoms with E-state index in [1.54, 1.807) is 49.6 Å². The zero-order valence-electron chi connectivity index (χ0n) is 15.9. The van der Waals surface area contributed by atoms with Crippen molar-refractivity contribution in [1.29, 1.82) is 0 Å². The van der Waals surface area contributed by atoms with Crippen LogP contribution in [0.5, 0.6) is 5.75 Å². The zero-order valence-corrected chi connectivity index (χ0v) is 18.3. The first kappa shape index (κ1) is 21.1. The summed E-state index contributed by atoms with van der Waals surface area (Å²) in [7, 11) is 1.57. The van der Waals surface area contributed by atoms with E-state index in [0.29, 0.717) is 42.8 Å². The van der Waals surface area contributed by atoms with Crippen molar-refractivity contribution >= 4 is 63.3 Å². The fourth-order valence-electron chi connectivity index (χ4n) is 2.94. The number of non-ortho nitro benzene ring substituents is 1. The van der Waals surface area contributed by atoms with Crippen LogP contribution < -0.4 is 9.64 Å². The van der Waals surface area contributed by atoms with Gasteiger partial charge in [-0.05, 0) is 42.5 Å². The second-order valence-corrected chi connectivity index (χ2v) is 8.42. The van der Waals surface area contributed by atoms with E-state index in [4.69, 9.17) is 33.0 Å². The molecular formula is C21H13ClN2O5S2. The topological polar surface area (TPSA) is 85.8 Å². The summed E-state index contributed by atoms with van der Waals surface area (Å²) < 4.78 is 11.3. The van der Waals surface area contributed by atoms with Crippen LogP contribution in [0.15, 0.2) is 63.9 Å². The van der Waals surface area contributed by atoms with Gasteiger partial charge in [0.1, 0.15) is 17.3 Å². The van der Waals surface area contributed by atoms with Crippen LogP contribution >= 0.6 is 35.6 Å². The Bertz CT molecular complexity index is 1240. The molecule has 0 bridgehead atoms. The van der Waals surface area contributed by atoms with E-state index in [1.165, 1.54) is 23.1 Å². The van der Waals surface area contributed by atoms with Gasteiger partial charge in [-0.25, -0.2) is 0 Å². The van der Waals surface area contributed by atoms with Crippen molar-refractivity contribution in [3.8, 4) is 17.1 Å². The van der Waals surface area contributed by atoms with Gasteiger partial charge >= 0.3 is 0 Å². The van der Waals surface area contributed by atoms with Crippen molar-refractivity contribution in [2.45, 2.75) is 0 Å². The maximum atomic E-state index is 12.9. The van der Waals surface area contributed by atoms with Crippen LogP contribution in [0.4, 0.5) is 11.4 Å². The van der Waals surface area contributed by atoms with Gasteiger partial charge in [0, 0.05) is 23.8 Å². The van der Waals surface area contributed by atoms with E-state index < -0.39 is 4.92 Å². The molecule has 1 aromatic heterocycles. The highest BCUT2D eigenvalue weighted by atomic mass is 35.5. The van der Waals surface area contributed by atoms with E-state index in [0.717, 1.165) is 11.8 Å². The number of nitro groups is 1. The Hall–Kier alpha value is -3.14. The number of rotatable bonds is 5. The summed E-state index contributed by atoms with van der Waals surface area (Å²) in [4.78, 5) is 25.3. The number of hydrogen-bond donors (Lipinski definition) is 0. The van der Waals surface area contributed by atoms with Crippen LogP contribution in [0.1, 0.15) is 5.76 Å². The smallest absolute Gasteiger partial charge is 0.270 e. The highest BCUT2D eigenvalue weighted by Gasteiger charge is 2.33. The molecule has 0 atom stereocenters. The van der Waals surface area contributed by atoms with Gasteiger partial charge in [-0.3, -0.25) is 19.8 Å². The number of carbonyl (C=O) groups is 1. The molecule has 0 unspecified atom stereocenters. The number of carbonyl (C=O) groups excluding carboxylic acids is 1. The molecule has 1 fully saturated rings. The van der Waals surface area contributed by atoms with E-state index in [-0.39, 0.29) is 11.6 Å². The first-order valence-corrected chi connectivity index (χ1v) is 10.4. The number of methoxy groups -OCH3 is 1. The molecule has 2 heterocycles. The number of halogens is 1. The third-order valence-electron chi connectivity index (χ3n) is 4.45. The number of thiocarbonyl (C=S) groups is 1. The summed E-state index contributed by atoms with van der Waals surface area (Å²) in [5.74, 6) is 1.15. The minimum absolute atomic E-state index is 0.0993. The van der Waals surface area contributed by atoms with Crippen LogP contribution in [-0.2, 0) is 4.79 Å². The van der Waals surface area contributed by atoms with Gasteiger partial charge in [0.2, 0.25) is 0 Å². The normalized spacial score (nSPS) is 15.0. The Balaban J connectivity index is 1.61. The number of nitrogens with zero attached hydrogens (tertiary/aromatic N) is 2. The lowest BCUT2D eigenvalue weighted by atomic mass is 10.1. The Morgan fingerprint density at radius 2 is 1.94 bits per heavy atom. The Morgan fingerprint density at radius 1 is 1.19 bits per heavy atom. The number of anilines is 1. The van der Waals surface area contributed by atoms with Crippen molar-refractivity contribution in [2.75, 3.05) is 12.0 Å². The number of ether oxygens (including phenoxy) is 1. The summed E-state index contributed by atoms with van der Waals surface area (Å²) in [6.07, 6.45) is 1.58. The van der Waals surface area contributed by atoms with Crippen molar-refractivity contribution in [3.05, 3.63) is 80.4 Å². The summed E-state index contributed by atoms with van der Waals surface area (Å²) in [6.45, 7) is 0. The summed E-state index contributed by atoms with van der Waals surface area (Å²) in [5, 5.41) is 11.4. The number of amides is 1. The molecule has 0 spiro atoms. The molecule has 0 radical (unpaired) electrons.